The molecule has 1 heterocycles. The first kappa shape index (κ1) is 14.9. The molecule has 0 aromatic carbocycles. The van der Waals surface area contributed by atoms with Gasteiger partial charge in [0.2, 0.25) is 5.91 Å². The molecule has 104 valence electrons. The first-order chi connectivity index (χ1) is 8.43. The van der Waals surface area contributed by atoms with Crippen molar-refractivity contribution in [2.45, 2.75) is 45.3 Å². The van der Waals surface area contributed by atoms with E-state index in [0.29, 0.717) is 13.0 Å². The normalized spacial score (nSPS) is 27.3. The smallest absolute Gasteiger partial charge is 0.328 e. The van der Waals surface area contributed by atoms with Crippen molar-refractivity contribution in [3.05, 3.63) is 0 Å². The van der Waals surface area contributed by atoms with Crippen molar-refractivity contribution in [1.29, 1.82) is 0 Å². The number of carboxylic acids is 1. The van der Waals surface area contributed by atoms with Crippen molar-refractivity contribution in [1.82, 2.24) is 10.6 Å². The predicted octanol–water partition coefficient (Wildman–Crippen LogP) is -0.284. The van der Waals surface area contributed by atoms with E-state index in [2.05, 4.69) is 10.6 Å². The average molecular weight is 258 g/mol. The van der Waals surface area contributed by atoms with Crippen LogP contribution < -0.4 is 10.6 Å². The lowest BCUT2D eigenvalue weighted by Crippen LogP contribution is -2.56. The zero-order valence-corrected chi connectivity index (χ0v) is 10.9. The van der Waals surface area contributed by atoms with E-state index in [0.717, 1.165) is 19.4 Å². The number of piperidine rings is 1. The van der Waals surface area contributed by atoms with Gasteiger partial charge in [-0.1, -0.05) is 6.92 Å². The molecule has 3 atom stereocenters. The minimum atomic E-state index is -1.25. The molecule has 0 aliphatic carbocycles. The molecule has 1 saturated heterocycles. The van der Waals surface area contributed by atoms with Crippen molar-refractivity contribution in [2.75, 3.05) is 13.1 Å². The van der Waals surface area contributed by atoms with Gasteiger partial charge in [0.15, 0.2) is 6.04 Å². The fraction of sp³-hybridized carbons (Fsp3) is 0.833. The molecule has 1 rings (SSSR count). The van der Waals surface area contributed by atoms with Crippen LogP contribution in [-0.2, 0) is 9.59 Å². The Labute approximate surface area is 107 Å². The lowest BCUT2D eigenvalue weighted by molar-refractivity contribution is -0.147. The van der Waals surface area contributed by atoms with E-state index in [1.54, 1.807) is 0 Å². The number of aliphatic hydroxyl groups excluding tert-OH is 1. The summed E-state index contributed by atoms with van der Waals surface area (Å²) in [6.45, 7) is 4.72. The van der Waals surface area contributed by atoms with Crippen LogP contribution in [0.2, 0.25) is 0 Å². The Kier molecular flexibility index (Phi) is 5.10. The number of carboxylic acid groups (broad SMARTS) is 1. The van der Waals surface area contributed by atoms with Crippen LogP contribution in [0.15, 0.2) is 0 Å². The minimum Gasteiger partial charge on any atom is -0.480 e. The monoisotopic (exact) mass is 258 g/mol. The van der Waals surface area contributed by atoms with Gasteiger partial charge >= 0.3 is 5.97 Å². The number of carbonyl (C=O) groups excluding carboxylic acids is 1. The summed E-state index contributed by atoms with van der Waals surface area (Å²) in [5.74, 6) is -1.50. The highest BCUT2D eigenvalue weighted by Gasteiger charge is 2.40. The molecule has 4 N–H and O–H groups in total. The number of amides is 1. The van der Waals surface area contributed by atoms with Crippen LogP contribution in [-0.4, -0.2) is 47.3 Å². The highest BCUT2D eigenvalue weighted by molar-refractivity contribution is 5.88. The molecule has 1 fully saturated rings. The molecule has 0 spiro atoms. The molecule has 0 radical (unpaired) electrons. The number of rotatable bonds is 5. The second kappa shape index (κ2) is 6.15. The molecule has 1 aliphatic rings. The molecular weight excluding hydrogens is 236 g/mol. The van der Waals surface area contributed by atoms with Crippen molar-refractivity contribution < 1.29 is 19.8 Å². The highest BCUT2D eigenvalue weighted by atomic mass is 16.4. The number of aliphatic carboxylic acids is 1. The van der Waals surface area contributed by atoms with E-state index in [1.165, 1.54) is 6.92 Å². The number of hydrogen-bond donors (Lipinski definition) is 4. The summed E-state index contributed by atoms with van der Waals surface area (Å²) in [7, 11) is 0. The maximum atomic E-state index is 12.2. The fourth-order valence-electron chi connectivity index (χ4n) is 2.31. The molecule has 0 aromatic rings. The zero-order valence-electron chi connectivity index (χ0n) is 10.9. The molecule has 0 bridgehead atoms. The third kappa shape index (κ3) is 3.20. The lowest BCUT2D eigenvalue weighted by Gasteiger charge is -2.36. The van der Waals surface area contributed by atoms with Crippen molar-refractivity contribution in [3.63, 3.8) is 0 Å². The first-order valence-electron chi connectivity index (χ1n) is 6.35. The lowest BCUT2D eigenvalue weighted by atomic mass is 9.77. The highest BCUT2D eigenvalue weighted by Crippen LogP contribution is 2.30. The summed E-state index contributed by atoms with van der Waals surface area (Å²) in [6, 6.07) is -1.25. The quantitative estimate of drug-likeness (QED) is 0.543. The number of nitrogens with one attached hydrogen (secondary N) is 2. The summed E-state index contributed by atoms with van der Waals surface area (Å²) in [6.07, 6.45) is 1.18. The molecule has 18 heavy (non-hydrogen) atoms. The Morgan fingerprint density at radius 3 is 2.56 bits per heavy atom. The second-order valence-electron chi connectivity index (χ2n) is 4.94. The number of carbonyl (C=O) groups is 2. The SMILES string of the molecule is CCC1(C(=O)NC(C(=O)O)C(C)O)CCCNC1. The summed E-state index contributed by atoms with van der Waals surface area (Å²) >= 11 is 0. The molecular formula is C12H22N2O4. The molecule has 3 unspecified atom stereocenters. The van der Waals surface area contributed by atoms with E-state index in [-0.39, 0.29) is 5.91 Å². The third-order valence-corrected chi connectivity index (χ3v) is 3.67. The Balaban J connectivity index is 2.75. The summed E-state index contributed by atoms with van der Waals surface area (Å²) < 4.78 is 0. The van der Waals surface area contributed by atoms with Gasteiger partial charge in [-0.2, -0.15) is 0 Å². The Morgan fingerprint density at radius 1 is 1.50 bits per heavy atom. The third-order valence-electron chi connectivity index (χ3n) is 3.67. The average Bonchev–Trinajstić information content (AvgIpc) is 2.35. The Hall–Kier alpha value is -1.14. The van der Waals surface area contributed by atoms with Gasteiger partial charge in [-0.15, -0.1) is 0 Å². The van der Waals surface area contributed by atoms with Gasteiger partial charge < -0.3 is 20.8 Å². The van der Waals surface area contributed by atoms with E-state index >= 15 is 0 Å². The largest absolute Gasteiger partial charge is 0.480 e. The van der Waals surface area contributed by atoms with Crippen LogP contribution in [0.25, 0.3) is 0 Å². The van der Waals surface area contributed by atoms with Gasteiger partial charge in [0.25, 0.3) is 0 Å². The Morgan fingerprint density at radius 2 is 2.17 bits per heavy atom. The maximum Gasteiger partial charge on any atom is 0.328 e. The summed E-state index contributed by atoms with van der Waals surface area (Å²) in [5.41, 5.74) is -0.555. The molecule has 1 amide bonds. The Bertz CT molecular complexity index is 311. The van der Waals surface area contributed by atoms with Crippen LogP contribution in [0, 0.1) is 5.41 Å². The van der Waals surface area contributed by atoms with Crippen molar-refractivity contribution in [2.24, 2.45) is 5.41 Å². The minimum absolute atomic E-state index is 0.287. The molecule has 0 aromatic heterocycles. The van der Waals surface area contributed by atoms with Gasteiger partial charge in [-0.25, -0.2) is 4.79 Å². The molecule has 1 aliphatic heterocycles. The van der Waals surface area contributed by atoms with Gasteiger partial charge in [0, 0.05) is 6.54 Å². The van der Waals surface area contributed by atoms with E-state index in [1.807, 2.05) is 6.92 Å². The van der Waals surface area contributed by atoms with Gasteiger partial charge in [-0.05, 0) is 32.7 Å². The van der Waals surface area contributed by atoms with Crippen LogP contribution >= 0.6 is 0 Å². The second-order valence-corrected chi connectivity index (χ2v) is 4.94. The van der Waals surface area contributed by atoms with E-state index in [9.17, 15) is 14.7 Å². The summed E-state index contributed by atoms with van der Waals surface area (Å²) in [5, 5.41) is 23.9. The van der Waals surface area contributed by atoms with Crippen molar-refractivity contribution >= 4 is 11.9 Å². The molecule has 6 heteroatoms. The topological polar surface area (TPSA) is 98.7 Å². The molecule has 6 nitrogen and oxygen atoms in total. The summed E-state index contributed by atoms with van der Waals surface area (Å²) in [4.78, 5) is 23.2. The van der Waals surface area contributed by atoms with Crippen molar-refractivity contribution in [3.8, 4) is 0 Å². The number of hydrogen-bond acceptors (Lipinski definition) is 4. The fourth-order valence-corrected chi connectivity index (χ4v) is 2.31. The van der Waals surface area contributed by atoms with Crippen LogP contribution in [0.3, 0.4) is 0 Å². The first-order valence-corrected chi connectivity index (χ1v) is 6.35. The van der Waals surface area contributed by atoms with Gasteiger partial charge in [-0.3, -0.25) is 4.79 Å². The van der Waals surface area contributed by atoms with Crippen LogP contribution in [0.1, 0.15) is 33.1 Å². The van der Waals surface area contributed by atoms with Gasteiger partial charge in [0.05, 0.1) is 11.5 Å². The van der Waals surface area contributed by atoms with E-state index < -0.39 is 23.5 Å². The standard InChI is InChI=1S/C12H22N2O4/c1-3-12(5-4-6-13-7-12)11(18)14-9(8(2)15)10(16)17/h8-9,13,15H,3-7H2,1-2H3,(H,14,18)(H,16,17). The predicted molar refractivity (Wildman–Crippen MR) is 66.1 cm³/mol. The van der Waals surface area contributed by atoms with E-state index in [4.69, 9.17) is 5.11 Å². The van der Waals surface area contributed by atoms with Crippen LogP contribution in [0.4, 0.5) is 0 Å². The maximum absolute atomic E-state index is 12.2. The van der Waals surface area contributed by atoms with Gasteiger partial charge in [0.1, 0.15) is 0 Å². The van der Waals surface area contributed by atoms with Crippen LogP contribution in [0.5, 0.6) is 0 Å². The zero-order chi connectivity index (χ0) is 13.8. The molecule has 0 saturated carbocycles. The number of aliphatic hydroxyl groups is 1.